The minimum absolute atomic E-state index is 0.228. The molecular weight excluding hydrogens is 413 g/mol. The molecular formula is C23H22FN5O3. The fourth-order valence-electron chi connectivity index (χ4n) is 4.89. The number of benzene rings is 1. The van der Waals surface area contributed by atoms with Crippen molar-refractivity contribution in [3.05, 3.63) is 53.4 Å². The molecule has 9 heteroatoms. The molecule has 0 aliphatic carbocycles. The number of anilines is 1. The molecule has 2 aliphatic rings. The largest absolute Gasteiger partial charge is 0.488 e. The van der Waals surface area contributed by atoms with Crippen molar-refractivity contribution in [2.75, 3.05) is 24.6 Å². The fourth-order valence-corrected chi connectivity index (χ4v) is 4.89. The molecule has 0 bridgehead atoms. The first-order valence-electron chi connectivity index (χ1n) is 10.7. The molecule has 2 unspecified atom stereocenters. The van der Waals surface area contributed by atoms with Crippen molar-refractivity contribution in [3.63, 3.8) is 0 Å². The van der Waals surface area contributed by atoms with E-state index in [9.17, 15) is 5.11 Å². The van der Waals surface area contributed by atoms with E-state index >= 15 is 4.39 Å². The topological polar surface area (TPSA) is 89.4 Å². The van der Waals surface area contributed by atoms with E-state index in [0.717, 1.165) is 11.1 Å². The van der Waals surface area contributed by atoms with Gasteiger partial charge in [0.15, 0.2) is 11.6 Å². The van der Waals surface area contributed by atoms with Crippen LogP contribution in [0.3, 0.4) is 0 Å². The number of aromatic nitrogens is 4. The van der Waals surface area contributed by atoms with E-state index in [-0.39, 0.29) is 11.6 Å². The molecule has 1 fully saturated rings. The van der Waals surface area contributed by atoms with Gasteiger partial charge in [0.2, 0.25) is 5.95 Å². The van der Waals surface area contributed by atoms with Crippen molar-refractivity contribution in [3.8, 4) is 16.9 Å². The van der Waals surface area contributed by atoms with Crippen molar-refractivity contribution >= 4 is 17.0 Å². The van der Waals surface area contributed by atoms with Gasteiger partial charge in [-0.15, -0.1) is 0 Å². The minimum Gasteiger partial charge on any atom is -0.488 e. The summed E-state index contributed by atoms with van der Waals surface area (Å²) in [6.45, 7) is 5.09. The third kappa shape index (κ3) is 2.74. The number of aliphatic hydroxyl groups excluding tert-OH is 1. The van der Waals surface area contributed by atoms with E-state index in [1.807, 2.05) is 28.5 Å². The number of rotatable bonds is 3. The number of ether oxygens (including phenoxy) is 1. The molecule has 1 aromatic carbocycles. The standard InChI is InChI=1S/C23H22FN5O3/c1-12-19(13(2)32-27-12)16-8-17(24)20-21-22(16)31-11-18(14-4-3-6-25-9-14)29(21)23(26-20)28-7-5-15(30)10-28/h3-4,6,8-9,15,18,30H,5,7,10-11H2,1-2H3. The Morgan fingerprint density at radius 1 is 1.28 bits per heavy atom. The second-order valence-corrected chi connectivity index (χ2v) is 8.41. The van der Waals surface area contributed by atoms with E-state index in [1.54, 1.807) is 19.3 Å². The number of halogens is 1. The third-order valence-electron chi connectivity index (χ3n) is 6.36. The lowest BCUT2D eigenvalue weighted by atomic mass is 10.00. The number of nitrogens with zero attached hydrogens (tertiary/aromatic N) is 5. The van der Waals surface area contributed by atoms with Crippen LogP contribution in [0.2, 0.25) is 0 Å². The van der Waals surface area contributed by atoms with Crippen molar-refractivity contribution in [1.82, 2.24) is 19.7 Å². The average Bonchev–Trinajstić information content (AvgIpc) is 3.49. The Labute approximate surface area is 183 Å². The Balaban J connectivity index is 1.66. The van der Waals surface area contributed by atoms with Crippen LogP contribution < -0.4 is 9.64 Å². The highest BCUT2D eigenvalue weighted by Crippen LogP contribution is 2.47. The zero-order valence-electron chi connectivity index (χ0n) is 17.7. The van der Waals surface area contributed by atoms with Crippen LogP contribution in [0.25, 0.3) is 22.2 Å². The van der Waals surface area contributed by atoms with Gasteiger partial charge in [-0.05, 0) is 38.0 Å². The van der Waals surface area contributed by atoms with Crippen LogP contribution in [0.4, 0.5) is 10.3 Å². The van der Waals surface area contributed by atoms with Gasteiger partial charge in [0.05, 0.1) is 23.4 Å². The van der Waals surface area contributed by atoms with Crippen LogP contribution in [-0.2, 0) is 0 Å². The number of aliphatic hydroxyl groups is 1. The van der Waals surface area contributed by atoms with E-state index in [1.165, 1.54) is 6.07 Å². The quantitative estimate of drug-likeness (QED) is 0.528. The number of hydrogen-bond donors (Lipinski definition) is 1. The van der Waals surface area contributed by atoms with Crippen molar-refractivity contribution in [2.24, 2.45) is 0 Å². The molecule has 2 aliphatic heterocycles. The second-order valence-electron chi connectivity index (χ2n) is 8.41. The van der Waals surface area contributed by atoms with Crippen molar-refractivity contribution in [2.45, 2.75) is 32.4 Å². The summed E-state index contributed by atoms with van der Waals surface area (Å²) in [7, 11) is 0. The minimum atomic E-state index is -0.436. The highest BCUT2D eigenvalue weighted by atomic mass is 19.1. The summed E-state index contributed by atoms with van der Waals surface area (Å²) < 4.78 is 29.1. The molecule has 4 aromatic rings. The average molecular weight is 435 g/mol. The predicted molar refractivity (Wildman–Crippen MR) is 115 cm³/mol. The summed E-state index contributed by atoms with van der Waals surface area (Å²) in [6, 6.07) is 5.08. The van der Waals surface area contributed by atoms with Gasteiger partial charge in [0.25, 0.3) is 0 Å². The molecule has 32 heavy (non-hydrogen) atoms. The molecule has 2 atom stereocenters. The summed E-state index contributed by atoms with van der Waals surface area (Å²) in [6.07, 6.45) is 3.73. The number of imidazole rings is 1. The van der Waals surface area contributed by atoms with Gasteiger partial charge in [0, 0.05) is 31.0 Å². The van der Waals surface area contributed by atoms with Crippen LogP contribution in [0, 0.1) is 19.7 Å². The van der Waals surface area contributed by atoms with E-state index < -0.39 is 11.9 Å². The summed E-state index contributed by atoms with van der Waals surface area (Å²) in [5.74, 6) is 1.36. The molecule has 6 rings (SSSR count). The predicted octanol–water partition coefficient (Wildman–Crippen LogP) is 3.40. The first kappa shape index (κ1) is 19.2. The first-order valence-corrected chi connectivity index (χ1v) is 10.7. The first-order chi connectivity index (χ1) is 15.5. The van der Waals surface area contributed by atoms with E-state index in [0.29, 0.717) is 60.3 Å². The maximum atomic E-state index is 15.5. The van der Waals surface area contributed by atoms with Crippen LogP contribution in [-0.4, -0.2) is 50.6 Å². The monoisotopic (exact) mass is 435 g/mol. The summed E-state index contributed by atoms with van der Waals surface area (Å²) in [5.41, 5.74) is 3.79. The summed E-state index contributed by atoms with van der Waals surface area (Å²) >= 11 is 0. The summed E-state index contributed by atoms with van der Waals surface area (Å²) in [5, 5.41) is 14.2. The van der Waals surface area contributed by atoms with Crippen LogP contribution in [0.15, 0.2) is 35.1 Å². The van der Waals surface area contributed by atoms with Gasteiger partial charge in [-0.3, -0.25) is 9.55 Å². The van der Waals surface area contributed by atoms with E-state index in [2.05, 4.69) is 10.1 Å². The van der Waals surface area contributed by atoms with Crippen LogP contribution in [0.5, 0.6) is 5.75 Å². The molecule has 3 aromatic heterocycles. The van der Waals surface area contributed by atoms with E-state index in [4.69, 9.17) is 14.2 Å². The Morgan fingerprint density at radius 2 is 2.16 bits per heavy atom. The summed E-state index contributed by atoms with van der Waals surface area (Å²) in [4.78, 5) is 11.0. The normalized spacial score (nSPS) is 20.2. The Hall–Kier alpha value is -3.46. The third-order valence-corrected chi connectivity index (χ3v) is 6.36. The SMILES string of the molecule is Cc1noc(C)c1-c1cc(F)c2nc(N3CCC(O)C3)n3c2c1OCC3c1cccnc1. The van der Waals surface area contributed by atoms with Gasteiger partial charge in [-0.1, -0.05) is 11.2 Å². The number of pyridine rings is 1. The maximum Gasteiger partial charge on any atom is 0.207 e. The smallest absolute Gasteiger partial charge is 0.207 e. The molecule has 5 heterocycles. The lowest BCUT2D eigenvalue weighted by Gasteiger charge is -2.30. The molecule has 1 saturated heterocycles. The number of hydrogen-bond acceptors (Lipinski definition) is 7. The van der Waals surface area contributed by atoms with Gasteiger partial charge in [-0.2, -0.15) is 0 Å². The molecule has 0 radical (unpaired) electrons. The number of aryl methyl sites for hydroxylation is 2. The highest BCUT2D eigenvalue weighted by Gasteiger charge is 2.36. The number of β-amino-alcohol motifs (C(OH)–C–C–N with tert-alkyl or cyclic N) is 1. The molecule has 0 saturated carbocycles. The lowest BCUT2D eigenvalue weighted by Crippen LogP contribution is -2.30. The Morgan fingerprint density at radius 3 is 2.84 bits per heavy atom. The fraction of sp³-hybridized carbons (Fsp3) is 0.348. The second kappa shape index (κ2) is 7.03. The van der Waals surface area contributed by atoms with Crippen molar-refractivity contribution in [1.29, 1.82) is 0 Å². The van der Waals surface area contributed by atoms with Gasteiger partial charge in [-0.25, -0.2) is 9.37 Å². The molecule has 8 nitrogen and oxygen atoms in total. The van der Waals surface area contributed by atoms with Gasteiger partial charge in [0.1, 0.15) is 23.4 Å². The molecule has 0 amide bonds. The zero-order chi connectivity index (χ0) is 22.0. The van der Waals surface area contributed by atoms with Gasteiger partial charge >= 0.3 is 0 Å². The Kier molecular flexibility index (Phi) is 4.23. The van der Waals surface area contributed by atoms with Crippen LogP contribution in [0.1, 0.15) is 29.5 Å². The van der Waals surface area contributed by atoms with Crippen molar-refractivity contribution < 1.29 is 18.8 Å². The maximum absolute atomic E-state index is 15.5. The van der Waals surface area contributed by atoms with Gasteiger partial charge < -0.3 is 19.3 Å². The molecule has 164 valence electrons. The highest BCUT2D eigenvalue weighted by molar-refractivity contribution is 5.94. The van der Waals surface area contributed by atoms with Crippen LogP contribution >= 0.6 is 0 Å². The lowest BCUT2D eigenvalue weighted by molar-refractivity contribution is 0.198. The Bertz CT molecular complexity index is 1310. The zero-order valence-corrected chi connectivity index (χ0v) is 17.7. The molecule has 0 spiro atoms. The molecule has 1 N–H and O–H groups in total.